The van der Waals surface area contributed by atoms with E-state index in [4.69, 9.17) is 11.6 Å². The van der Waals surface area contributed by atoms with Gasteiger partial charge < -0.3 is 10.2 Å². The van der Waals surface area contributed by atoms with E-state index in [0.717, 1.165) is 5.56 Å². The average Bonchev–Trinajstić information content (AvgIpc) is 3.05. The maximum atomic E-state index is 13.1. The lowest BCUT2D eigenvalue weighted by Gasteiger charge is -2.25. The number of amides is 1. The van der Waals surface area contributed by atoms with Crippen LogP contribution >= 0.6 is 11.6 Å². The third-order valence-electron chi connectivity index (χ3n) is 5.33. The lowest BCUT2D eigenvalue weighted by molar-refractivity contribution is -0.132. The number of aliphatic hydroxyl groups excluding tert-OH is 1. The molecule has 1 unspecified atom stereocenters. The first-order valence-electron chi connectivity index (χ1n) is 9.75. The van der Waals surface area contributed by atoms with Crippen LogP contribution in [0.2, 0.25) is 5.02 Å². The van der Waals surface area contributed by atoms with Crippen LogP contribution in [0.25, 0.3) is 5.76 Å². The van der Waals surface area contributed by atoms with Gasteiger partial charge in [-0.15, -0.1) is 0 Å². The number of rotatable bonds is 4. The Hall–Kier alpha value is -3.90. The third kappa shape index (κ3) is 3.76. The Bertz CT molecular complexity index is 1260. The van der Waals surface area contributed by atoms with Gasteiger partial charge in [-0.05, 0) is 42.8 Å². The molecule has 1 saturated heterocycles. The fourth-order valence-electron chi connectivity index (χ4n) is 3.72. The van der Waals surface area contributed by atoms with Crippen LogP contribution in [0.1, 0.15) is 33.1 Å². The first-order valence-corrected chi connectivity index (χ1v) is 10.1. The molecule has 1 fully saturated rings. The summed E-state index contributed by atoms with van der Waals surface area (Å²) < 4.78 is 0. The Morgan fingerprint density at radius 1 is 0.906 bits per heavy atom. The minimum Gasteiger partial charge on any atom is -0.507 e. The van der Waals surface area contributed by atoms with Crippen LogP contribution in [0.5, 0.6) is 0 Å². The number of ketones is 1. The van der Waals surface area contributed by atoms with Crippen molar-refractivity contribution in [1.29, 1.82) is 0 Å². The largest absolute Gasteiger partial charge is 0.507 e. The number of benzene rings is 3. The number of Topliss-reactive ketones (excluding diaryl/α,β-unsaturated/α-hetero) is 1. The molecule has 3 aromatic rings. The molecule has 1 aliphatic heterocycles. The summed E-state index contributed by atoms with van der Waals surface area (Å²) >= 11 is 6.02. The van der Waals surface area contributed by atoms with E-state index in [1.807, 2.05) is 6.92 Å². The fraction of sp³-hybridized carbons (Fsp3) is 0.0800. The fourth-order valence-corrected chi connectivity index (χ4v) is 3.84. The van der Waals surface area contributed by atoms with Crippen molar-refractivity contribution >= 4 is 40.7 Å². The number of aromatic carboxylic acids is 1. The number of carboxylic acid groups (broad SMARTS) is 1. The molecular formula is C25H18ClNO5. The van der Waals surface area contributed by atoms with Gasteiger partial charge in [0.25, 0.3) is 11.7 Å². The maximum absolute atomic E-state index is 13.1. The Morgan fingerprint density at radius 2 is 1.56 bits per heavy atom. The molecule has 0 aromatic heterocycles. The van der Waals surface area contributed by atoms with Crippen molar-refractivity contribution in [1.82, 2.24) is 0 Å². The number of hydrogen-bond acceptors (Lipinski definition) is 4. The summed E-state index contributed by atoms with van der Waals surface area (Å²) in [5, 5.41) is 20.9. The second kappa shape index (κ2) is 8.32. The molecule has 160 valence electrons. The Morgan fingerprint density at radius 3 is 2.19 bits per heavy atom. The molecule has 7 heteroatoms. The summed E-state index contributed by atoms with van der Waals surface area (Å²) in [5.74, 6) is -3.18. The number of halogens is 1. The molecule has 3 aromatic carbocycles. The molecule has 0 radical (unpaired) electrons. The molecule has 0 bridgehead atoms. The minimum absolute atomic E-state index is 0.0298. The molecule has 1 aliphatic rings. The average molecular weight is 448 g/mol. The summed E-state index contributed by atoms with van der Waals surface area (Å²) in [6.45, 7) is 1.89. The first-order chi connectivity index (χ1) is 15.3. The van der Waals surface area contributed by atoms with Crippen LogP contribution in [-0.4, -0.2) is 27.9 Å². The topological polar surface area (TPSA) is 94.9 Å². The highest BCUT2D eigenvalue weighted by atomic mass is 35.5. The van der Waals surface area contributed by atoms with Crippen LogP contribution in [0, 0.1) is 6.92 Å². The minimum atomic E-state index is -1.16. The number of aliphatic hydroxyl groups is 1. The van der Waals surface area contributed by atoms with E-state index in [0.29, 0.717) is 16.1 Å². The van der Waals surface area contributed by atoms with Crippen molar-refractivity contribution < 1.29 is 24.6 Å². The van der Waals surface area contributed by atoms with Gasteiger partial charge >= 0.3 is 5.97 Å². The highest BCUT2D eigenvalue weighted by Crippen LogP contribution is 2.42. The number of nitrogens with zero attached hydrogens (tertiary/aromatic N) is 1. The zero-order valence-electron chi connectivity index (χ0n) is 16.9. The van der Waals surface area contributed by atoms with Crippen LogP contribution in [0.3, 0.4) is 0 Å². The van der Waals surface area contributed by atoms with Gasteiger partial charge in [0, 0.05) is 16.3 Å². The molecule has 4 rings (SSSR count). The Kier molecular flexibility index (Phi) is 5.55. The van der Waals surface area contributed by atoms with Crippen LogP contribution in [0.4, 0.5) is 5.69 Å². The van der Waals surface area contributed by atoms with Gasteiger partial charge in [-0.25, -0.2) is 4.79 Å². The standard InChI is InChI=1S/C25H18ClNO5/c1-14-5-7-16(8-6-14)22(28)20-21(15-9-11-18(26)12-10-15)27(24(30)23(20)29)19-4-2-3-17(13-19)25(31)32/h2-13,21,28H,1H3,(H,31,32)/b22-20-. The van der Waals surface area contributed by atoms with Crippen LogP contribution in [-0.2, 0) is 9.59 Å². The Balaban J connectivity index is 1.94. The van der Waals surface area contributed by atoms with Crippen molar-refractivity contribution in [2.24, 2.45) is 0 Å². The van der Waals surface area contributed by atoms with Gasteiger partial charge in [0.2, 0.25) is 0 Å². The highest BCUT2D eigenvalue weighted by molar-refractivity contribution is 6.51. The van der Waals surface area contributed by atoms with Crippen molar-refractivity contribution in [3.05, 3.63) is 106 Å². The summed E-state index contributed by atoms with van der Waals surface area (Å²) in [7, 11) is 0. The molecule has 0 spiro atoms. The van der Waals surface area contributed by atoms with Gasteiger partial charge in [0.1, 0.15) is 5.76 Å². The normalized spacial score (nSPS) is 17.6. The molecule has 1 heterocycles. The molecule has 32 heavy (non-hydrogen) atoms. The molecule has 1 atom stereocenters. The quantitative estimate of drug-likeness (QED) is 0.334. The van der Waals surface area contributed by atoms with E-state index in [9.17, 15) is 24.6 Å². The van der Waals surface area contributed by atoms with Crippen molar-refractivity contribution in [3.8, 4) is 0 Å². The first kappa shape index (κ1) is 21.3. The predicted molar refractivity (Wildman–Crippen MR) is 121 cm³/mol. The van der Waals surface area contributed by atoms with Crippen LogP contribution < -0.4 is 4.90 Å². The Labute approximate surface area is 189 Å². The number of carboxylic acids is 1. The number of anilines is 1. The number of carbonyl (C=O) groups excluding carboxylic acids is 2. The van der Waals surface area contributed by atoms with Crippen molar-refractivity contribution in [2.75, 3.05) is 4.90 Å². The van der Waals surface area contributed by atoms with Gasteiger partial charge in [-0.3, -0.25) is 14.5 Å². The second-order valence-corrected chi connectivity index (χ2v) is 7.88. The summed E-state index contributed by atoms with van der Waals surface area (Å²) in [6.07, 6.45) is 0. The van der Waals surface area contributed by atoms with Crippen molar-refractivity contribution in [2.45, 2.75) is 13.0 Å². The van der Waals surface area contributed by atoms with E-state index in [1.54, 1.807) is 54.6 Å². The monoisotopic (exact) mass is 447 g/mol. The maximum Gasteiger partial charge on any atom is 0.335 e. The smallest absolute Gasteiger partial charge is 0.335 e. The lowest BCUT2D eigenvalue weighted by Crippen LogP contribution is -2.29. The van der Waals surface area contributed by atoms with Crippen LogP contribution in [0.15, 0.2) is 78.4 Å². The molecule has 1 amide bonds. The zero-order valence-corrected chi connectivity index (χ0v) is 17.7. The van der Waals surface area contributed by atoms with Gasteiger partial charge in [0.05, 0.1) is 17.2 Å². The third-order valence-corrected chi connectivity index (χ3v) is 5.58. The zero-order chi connectivity index (χ0) is 23.0. The van der Waals surface area contributed by atoms with E-state index in [1.165, 1.54) is 23.1 Å². The molecular weight excluding hydrogens is 430 g/mol. The highest BCUT2D eigenvalue weighted by Gasteiger charge is 2.47. The van der Waals surface area contributed by atoms with E-state index in [2.05, 4.69) is 0 Å². The van der Waals surface area contributed by atoms with Crippen molar-refractivity contribution in [3.63, 3.8) is 0 Å². The van der Waals surface area contributed by atoms with Gasteiger partial charge in [0.15, 0.2) is 0 Å². The second-order valence-electron chi connectivity index (χ2n) is 7.44. The van der Waals surface area contributed by atoms with E-state index in [-0.39, 0.29) is 22.6 Å². The van der Waals surface area contributed by atoms with Gasteiger partial charge in [-0.1, -0.05) is 59.6 Å². The summed E-state index contributed by atoms with van der Waals surface area (Å²) in [5.41, 5.74) is 2.03. The number of hydrogen-bond donors (Lipinski definition) is 2. The molecule has 6 nitrogen and oxygen atoms in total. The number of aryl methyl sites for hydroxylation is 1. The van der Waals surface area contributed by atoms with E-state index < -0.39 is 23.7 Å². The van der Waals surface area contributed by atoms with E-state index >= 15 is 0 Å². The van der Waals surface area contributed by atoms with Gasteiger partial charge in [-0.2, -0.15) is 0 Å². The lowest BCUT2D eigenvalue weighted by atomic mass is 9.95. The molecule has 2 N–H and O–H groups in total. The summed E-state index contributed by atoms with van der Waals surface area (Å²) in [4.78, 5) is 38.8. The summed E-state index contributed by atoms with van der Waals surface area (Å²) in [6, 6.07) is 18.3. The molecule has 0 aliphatic carbocycles. The molecule has 0 saturated carbocycles. The number of carbonyl (C=O) groups is 3. The SMILES string of the molecule is Cc1ccc(/C(O)=C2/C(=O)C(=O)N(c3cccc(C(=O)O)c3)C2c2ccc(Cl)cc2)cc1. The predicted octanol–water partition coefficient (Wildman–Crippen LogP) is 4.97.